The molecule has 0 unspecified atom stereocenters. The second-order valence-corrected chi connectivity index (χ2v) is 5.82. The molecule has 2 fully saturated rings. The van der Waals surface area contributed by atoms with E-state index >= 15 is 0 Å². The molecule has 0 spiro atoms. The SMILES string of the molecule is O=C(C1CCOCC1)N1CC[C@@H](Oc2ncc(Cl)cn2)C1. The van der Waals surface area contributed by atoms with Crippen LogP contribution in [0.3, 0.4) is 0 Å². The minimum absolute atomic E-state index is 0.0463. The molecule has 1 amide bonds. The number of rotatable bonds is 3. The van der Waals surface area contributed by atoms with Crippen LogP contribution in [0.1, 0.15) is 19.3 Å². The number of carbonyl (C=O) groups excluding carboxylic acids is 1. The van der Waals surface area contributed by atoms with E-state index in [1.807, 2.05) is 4.90 Å². The summed E-state index contributed by atoms with van der Waals surface area (Å²) in [6, 6.07) is 0.310. The summed E-state index contributed by atoms with van der Waals surface area (Å²) < 4.78 is 11.0. The Morgan fingerprint density at radius 1 is 1.29 bits per heavy atom. The van der Waals surface area contributed by atoms with Crippen LogP contribution < -0.4 is 4.74 Å². The molecule has 0 bridgehead atoms. The second-order valence-electron chi connectivity index (χ2n) is 5.38. The Bertz CT molecular complexity index is 491. The molecule has 2 aliphatic heterocycles. The van der Waals surface area contributed by atoms with Crippen LogP contribution >= 0.6 is 11.6 Å². The van der Waals surface area contributed by atoms with Gasteiger partial charge in [0.25, 0.3) is 0 Å². The van der Waals surface area contributed by atoms with Crippen molar-refractivity contribution < 1.29 is 14.3 Å². The highest BCUT2D eigenvalue weighted by Gasteiger charge is 2.32. The molecule has 7 heteroatoms. The van der Waals surface area contributed by atoms with Gasteiger partial charge in [-0.3, -0.25) is 4.79 Å². The van der Waals surface area contributed by atoms with Crippen LogP contribution in [0.25, 0.3) is 0 Å². The molecule has 6 nitrogen and oxygen atoms in total. The Kier molecular flexibility index (Phi) is 4.55. The topological polar surface area (TPSA) is 64.5 Å². The molecule has 21 heavy (non-hydrogen) atoms. The maximum atomic E-state index is 12.4. The summed E-state index contributed by atoms with van der Waals surface area (Å²) in [7, 11) is 0. The van der Waals surface area contributed by atoms with E-state index in [2.05, 4.69) is 9.97 Å². The lowest BCUT2D eigenvalue weighted by molar-refractivity contribution is -0.137. The lowest BCUT2D eigenvalue weighted by atomic mass is 9.99. The van der Waals surface area contributed by atoms with Crippen LogP contribution in [0.4, 0.5) is 0 Å². The molecule has 2 aliphatic rings. The maximum absolute atomic E-state index is 12.4. The average molecular weight is 312 g/mol. The van der Waals surface area contributed by atoms with Crippen molar-refractivity contribution in [2.24, 2.45) is 5.92 Å². The van der Waals surface area contributed by atoms with E-state index in [1.165, 1.54) is 12.4 Å². The van der Waals surface area contributed by atoms with Crippen LogP contribution in [-0.4, -0.2) is 53.2 Å². The Morgan fingerprint density at radius 3 is 2.71 bits per heavy atom. The normalized spacial score (nSPS) is 23.3. The monoisotopic (exact) mass is 311 g/mol. The van der Waals surface area contributed by atoms with E-state index < -0.39 is 0 Å². The Balaban J connectivity index is 1.52. The third-order valence-electron chi connectivity index (χ3n) is 3.90. The lowest BCUT2D eigenvalue weighted by Gasteiger charge is -2.26. The van der Waals surface area contributed by atoms with Gasteiger partial charge >= 0.3 is 6.01 Å². The maximum Gasteiger partial charge on any atom is 0.316 e. The standard InChI is InChI=1S/C14H18ClN3O3/c15-11-7-16-14(17-8-11)21-12-1-4-18(9-12)13(19)10-2-5-20-6-3-10/h7-8,10,12H,1-6,9H2/t12-/m1/s1. The van der Waals surface area contributed by atoms with E-state index in [-0.39, 0.29) is 17.9 Å². The number of halogens is 1. The van der Waals surface area contributed by atoms with Crippen molar-refractivity contribution in [1.82, 2.24) is 14.9 Å². The average Bonchev–Trinajstić information content (AvgIpc) is 2.98. The van der Waals surface area contributed by atoms with Gasteiger partial charge in [-0.1, -0.05) is 11.6 Å². The number of amides is 1. The molecule has 0 N–H and O–H groups in total. The lowest BCUT2D eigenvalue weighted by Crippen LogP contribution is -2.38. The fraction of sp³-hybridized carbons (Fsp3) is 0.643. The summed E-state index contributed by atoms with van der Waals surface area (Å²) in [6.07, 6.45) is 5.41. The van der Waals surface area contributed by atoms with Crippen LogP contribution in [0.2, 0.25) is 5.02 Å². The van der Waals surface area contributed by atoms with Crippen LogP contribution in [0, 0.1) is 5.92 Å². The van der Waals surface area contributed by atoms with Gasteiger partial charge in [-0.25, -0.2) is 9.97 Å². The van der Waals surface area contributed by atoms with Crippen molar-refractivity contribution in [3.05, 3.63) is 17.4 Å². The molecule has 2 saturated heterocycles. The van der Waals surface area contributed by atoms with E-state index in [0.29, 0.717) is 30.8 Å². The number of hydrogen-bond donors (Lipinski definition) is 0. The Hall–Kier alpha value is -1.40. The first-order chi connectivity index (χ1) is 10.2. The number of aromatic nitrogens is 2. The van der Waals surface area contributed by atoms with E-state index in [4.69, 9.17) is 21.1 Å². The van der Waals surface area contributed by atoms with Crippen LogP contribution in [0.5, 0.6) is 6.01 Å². The quantitative estimate of drug-likeness (QED) is 0.847. The molecule has 1 atom stereocenters. The Labute approximate surface area is 128 Å². The first-order valence-electron chi connectivity index (χ1n) is 7.23. The van der Waals surface area contributed by atoms with Crippen LogP contribution in [-0.2, 0) is 9.53 Å². The van der Waals surface area contributed by atoms with Crippen molar-refractivity contribution in [2.75, 3.05) is 26.3 Å². The highest BCUT2D eigenvalue weighted by Crippen LogP contribution is 2.22. The summed E-state index contributed by atoms with van der Waals surface area (Å²) in [6.45, 7) is 2.70. The molecule has 114 valence electrons. The fourth-order valence-electron chi connectivity index (χ4n) is 2.74. The van der Waals surface area contributed by atoms with Gasteiger partial charge in [0.2, 0.25) is 5.91 Å². The van der Waals surface area contributed by atoms with Crippen molar-refractivity contribution in [3.63, 3.8) is 0 Å². The minimum Gasteiger partial charge on any atom is -0.458 e. The van der Waals surface area contributed by atoms with Gasteiger partial charge in [-0.15, -0.1) is 0 Å². The third kappa shape index (κ3) is 3.63. The van der Waals surface area contributed by atoms with Gasteiger partial charge in [0.1, 0.15) is 6.10 Å². The number of hydrogen-bond acceptors (Lipinski definition) is 5. The van der Waals surface area contributed by atoms with Crippen molar-refractivity contribution in [1.29, 1.82) is 0 Å². The molecular weight excluding hydrogens is 294 g/mol. The predicted molar refractivity (Wildman–Crippen MR) is 76.2 cm³/mol. The molecular formula is C14H18ClN3O3. The molecule has 3 heterocycles. The molecule has 0 radical (unpaired) electrons. The number of likely N-dealkylation sites (tertiary alicyclic amines) is 1. The van der Waals surface area contributed by atoms with E-state index in [1.54, 1.807) is 0 Å². The summed E-state index contributed by atoms with van der Waals surface area (Å²) in [5.74, 6) is 0.325. The molecule has 1 aromatic heterocycles. The zero-order valence-corrected chi connectivity index (χ0v) is 12.5. The van der Waals surface area contributed by atoms with E-state index in [0.717, 1.165) is 25.8 Å². The predicted octanol–water partition coefficient (Wildman–Crippen LogP) is 1.54. The highest BCUT2D eigenvalue weighted by atomic mass is 35.5. The summed E-state index contributed by atoms with van der Waals surface area (Å²) in [5, 5.41) is 0.477. The smallest absolute Gasteiger partial charge is 0.316 e. The zero-order valence-electron chi connectivity index (χ0n) is 11.7. The van der Waals surface area contributed by atoms with Gasteiger partial charge < -0.3 is 14.4 Å². The minimum atomic E-state index is -0.0463. The van der Waals surface area contributed by atoms with Crippen LogP contribution in [0.15, 0.2) is 12.4 Å². The number of nitrogens with zero attached hydrogens (tertiary/aromatic N) is 3. The second kappa shape index (κ2) is 6.58. The molecule has 3 rings (SSSR count). The van der Waals surface area contributed by atoms with Gasteiger partial charge in [-0.2, -0.15) is 0 Å². The van der Waals surface area contributed by atoms with Crippen molar-refractivity contribution >= 4 is 17.5 Å². The molecule has 0 aromatic carbocycles. The summed E-state index contributed by atoms with van der Waals surface area (Å²) >= 11 is 5.74. The van der Waals surface area contributed by atoms with E-state index in [9.17, 15) is 4.79 Å². The first kappa shape index (κ1) is 14.5. The largest absolute Gasteiger partial charge is 0.458 e. The van der Waals surface area contributed by atoms with Crippen molar-refractivity contribution in [2.45, 2.75) is 25.4 Å². The Morgan fingerprint density at radius 2 is 2.00 bits per heavy atom. The van der Waals surface area contributed by atoms with Gasteiger partial charge in [0.05, 0.1) is 24.0 Å². The highest BCUT2D eigenvalue weighted by molar-refractivity contribution is 6.30. The summed E-state index contributed by atoms with van der Waals surface area (Å²) in [4.78, 5) is 22.3. The first-order valence-corrected chi connectivity index (χ1v) is 7.61. The molecule has 0 aliphatic carbocycles. The number of ether oxygens (including phenoxy) is 2. The summed E-state index contributed by atoms with van der Waals surface area (Å²) in [5.41, 5.74) is 0. The molecule has 0 saturated carbocycles. The van der Waals surface area contributed by atoms with Crippen molar-refractivity contribution in [3.8, 4) is 6.01 Å². The van der Waals surface area contributed by atoms with Gasteiger partial charge in [0, 0.05) is 32.1 Å². The fourth-order valence-corrected chi connectivity index (χ4v) is 2.84. The number of carbonyl (C=O) groups is 1. The zero-order chi connectivity index (χ0) is 14.7. The van der Waals surface area contributed by atoms with Gasteiger partial charge in [0.15, 0.2) is 0 Å². The third-order valence-corrected chi connectivity index (χ3v) is 4.09. The van der Waals surface area contributed by atoms with Gasteiger partial charge in [-0.05, 0) is 12.8 Å². The molecule has 1 aromatic rings.